The Kier molecular flexibility index (Phi) is 5.86. The lowest BCUT2D eigenvalue weighted by Gasteiger charge is -2.07. The smallest absolute Gasteiger partial charge is 0.0721 e. The van der Waals surface area contributed by atoms with Crippen LogP contribution < -0.4 is 0 Å². The minimum atomic E-state index is -0.276. The molecule has 0 fully saturated rings. The average Bonchev–Trinajstić information content (AvgIpc) is 2.01. The van der Waals surface area contributed by atoms with E-state index in [2.05, 4.69) is 13.5 Å². The summed E-state index contributed by atoms with van der Waals surface area (Å²) >= 11 is 0. The van der Waals surface area contributed by atoms with Crippen molar-refractivity contribution in [1.82, 2.24) is 0 Å². The molecular formula is C10H18O. The number of hydrogen-bond acceptors (Lipinski definition) is 1. The standard InChI is InChI=1S/C10H18O/c1-4-6-10(11)8-7-9(3)5-2/h4-6,9-11H,2,7-8H2,1,3H3. The monoisotopic (exact) mass is 154 g/mol. The van der Waals surface area contributed by atoms with Crippen molar-refractivity contribution in [3.63, 3.8) is 0 Å². The maximum absolute atomic E-state index is 9.27. The Morgan fingerprint density at radius 1 is 1.45 bits per heavy atom. The highest BCUT2D eigenvalue weighted by Gasteiger charge is 2.01. The van der Waals surface area contributed by atoms with Crippen LogP contribution in [0.5, 0.6) is 0 Å². The number of aliphatic hydroxyl groups is 1. The van der Waals surface area contributed by atoms with E-state index in [1.165, 1.54) is 0 Å². The Hall–Kier alpha value is -0.560. The number of hydrogen-bond donors (Lipinski definition) is 1. The van der Waals surface area contributed by atoms with Gasteiger partial charge in [-0.3, -0.25) is 0 Å². The second-order valence-corrected chi connectivity index (χ2v) is 2.88. The topological polar surface area (TPSA) is 20.2 Å². The number of allylic oxidation sites excluding steroid dienone is 2. The van der Waals surface area contributed by atoms with Gasteiger partial charge in [0.25, 0.3) is 0 Å². The van der Waals surface area contributed by atoms with Crippen molar-refractivity contribution in [1.29, 1.82) is 0 Å². The van der Waals surface area contributed by atoms with E-state index in [-0.39, 0.29) is 6.10 Å². The molecule has 0 bridgehead atoms. The van der Waals surface area contributed by atoms with Crippen molar-refractivity contribution in [2.75, 3.05) is 0 Å². The largest absolute Gasteiger partial charge is 0.389 e. The molecule has 0 aromatic rings. The lowest BCUT2D eigenvalue weighted by Crippen LogP contribution is -2.03. The van der Waals surface area contributed by atoms with Gasteiger partial charge >= 0.3 is 0 Å². The summed E-state index contributed by atoms with van der Waals surface area (Å²) in [5.41, 5.74) is 0. The van der Waals surface area contributed by atoms with Gasteiger partial charge in [-0.25, -0.2) is 0 Å². The van der Waals surface area contributed by atoms with E-state index < -0.39 is 0 Å². The van der Waals surface area contributed by atoms with Crippen LogP contribution in [0.1, 0.15) is 26.7 Å². The zero-order chi connectivity index (χ0) is 8.69. The van der Waals surface area contributed by atoms with Gasteiger partial charge in [-0.05, 0) is 25.7 Å². The van der Waals surface area contributed by atoms with Crippen LogP contribution >= 0.6 is 0 Å². The second kappa shape index (κ2) is 6.17. The highest BCUT2D eigenvalue weighted by atomic mass is 16.3. The molecule has 1 heteroatoms. The van der Waals surface area contributed by atoms with E-state index in [0.717, 1.165) is 12.8 Å². The van der Waals surface area contributed by atoms with Gasteiger partial charge in [0.15, 0.2) is 0 Å². The van der Waals surface area contributed by atoms with E-state index >= 15 is 0 Å². The molecule has 11 heavy (non-hydrogen) atoms. The zero-order valence-corrected chi connectivity index (χ0v) is 7.46. The number of aliphatic hydroxyl groups excluding tert-OH is 1. The summed E-state index contributed by atoms with van der Waals surface area (Å²) in [4.78, 5) is 0. The van der Waals surface area contributed by atoms with Crippen LogP contribution in [-0.2, 0) is 0 Å². The van der Waals surface area contributed by atoms with Crippen molar-refractivity contribution < 1.29 is 5.11 Å². The molecule has 0 aliphatic carbocycles. The van der Waals surface area contributed by atoms with E-state index in [1.807, 2.05) is 25.2 Å². The first-order valence-corrected chi connectivity index (χ1v) is 4.14. The molecule has 0 amide bonds. The molecule has 0 spiro atoms. The van der Waals surface area contributed by atoms with Crippen LogP contribution in [0.15, 0.2) is 24.8 Å². The van der Waals surface area contributed by atoms with Crippen molar-refractivity contribution >= 4 is 0 Å². The Balaban J connectivity index is 3.44. The molecule has 0 aromatic carbocycles. The highest BCUT2D eigenvalue weighted by Crippen LogP contribution is 2.08. The van der Waals surface area contributed by atoms with E-state index in [9.17, 15) is 5.11 Å². The minimum absolute atomic E-state index is 0.276. The van der Waals surface area contributed by atoms with Crippen LogP contribution in [-0.4, -0.2) is 11.2 Å². The Morgan fingerprint density at radius 2 is 2.09 bits per heavy atom. The first-order valence-electron chi connectivity index (χ1n) is 4.14. The van der Waals surface area contributed by atoms with Gasteiger partial charge in [0.1, 0.15) is 0 Å². The minimum Gasteiger partial charge on any atom is -0.389 e. The molecule has 2 unspecified atom stereocenters. The normalized spacial score (nSPS) is 16.6. The molecule has 0 radical (unpaired) electrons. The van der Waals surface area contributed by atoms with Gasteiger partial charge in [0.05, 0.1) is 6.10 Å². The Bertz CT molecular complexity index is 127. The summed E-state index contributed by atoms with van der Waals surface area (Å²) < 4.78 is 0. The molecule has 64 valence electrons. The molecule has 0 aromatic heterocycles. The van der Waals surface area contributed by atoms with Crippen LogP contribution in [0.3, 0.4) is 0 Å². The van der Waals surface area contributed by atoms with Gasteiger partial charge < -0.3 is 5.11 Å². The predicted octanol–water partition coefficient (Wildman–Crippen LogP) is 2.53. The van der Waals surface area contributed by atoms with Crippen LogP contribution in [0.25, 0.3) is 0 Å². The second-order valence-electron chi connectivity index (χ2n) is 2.88. The molecule has 1 nitrogen and oxygen atoms in total. The third kappa shape index (κ3) is 5.86. The van der Waals surface area contributed by atoms with Crippen LogP contribution in [0.2, 0.25) is 0 Å². The van der Waals surface area contributed by atoms with Crippen LogP contribution in [0, 0.1) is 5.92 Å². The third-order valence-electron chi connectivity index (χ3n) is 1.73. The SMILES string of the molecule is C=CC(C)CCC(O)C=CC. The summed E-state index contributed by atoms with van der Waals surface area (Å²) in [5, 5.41) is 9.27. The Morgan fingerprint density at radius 3 is 2.55 bits per heavy atom. The molecule has 0 heterocycles. The number of rotatable bonds is 5. The van der Waals surface area contributed by atoms with Gasteiger partial charge in [-0.1, -0.05) is 25.2 Å². The first kappa shape index (κ1) is 10.4. The van der Waals surface area contributed by atoms with Crippen molar-refractivity contribution in [2.45, 2.75) is 32.8 Å². The molecule has 2 atom stereocenters. The van der Waals surface area contributed by atoms with E-state index in [0.29, 0.717) is 5.92 Å². The summed E-state index contributed by atoms with van der Waals surface area (Å²) in [6, 6.07) is 0. The van der Waals surface area contributed by atoms with Crippen molar-refractivity contribution in [3.8, 4) is 0 Å². The fourth-order valence-electron chi connectivity index (χ4n) is 0.870. The zero-order valence-electron chi connectivity index (χ0n) is 7.46. The van der Waals surface area contributed by atoms with Crippen molar-refractivity contribution in [3.05, 3.63) is 24.8 Å². The molecule has 0 saturated heterocycles. The molecule has 0 aliphatic rings. The summed E-state index contributed by atoms with van der Waals surface area (Å²) in [5.74, 6) is 0.509. The lowest BCUT2D eigenvalue weighted by molar-refractivity contribution is 0.205. The lowest BCUT2D eigenvalue weighted by atomic mass is 10.0. The van der Waals surface area contributed by atoms with Crippen molar-refractivity contribution in [2.24, 2.45) is 5.92 Å². The van der Waals surface area contributed by atoms with Crippen LogP contribution in [0.4, 0.5) is 0 Å². The summed E-state index contributed by atoms with van der Waals surface area (Å²) in [7, 11) is 0. The van der Waals surface area contributed by atoms with Gasteiger partial charge in [-0.15, -0.1) is 6.58 Å². The van der Waals surface area contributed by atoms with Gasteiger partial charge in [0, 0.05) is 0 Å². The van der Waals surface area contributed by atoms with E-state index in [1.54, 1.807) is 0 Å². The molecule has 0 aliphatic heterocycles. The Labute approximate surface area is 69.4 Å². The quantitative estimate of drug-likeness (QED) is 0.603. The summed E-state index contributed by atoms with van der Waals surface area (Å²) in [6.45, 7) is 7.71. The predicted molar refractivity (Wildman–Crippen MR) is 49.4 cm³/mol. The molecule has 0 saturated carbocycles. The fraction of sp³-hybridized carbons (Fsp3) is 0.600. The fourth-order valence-corrected chi connectivity index (χ4v) is 0.870. The first-order chi connectivity index (χ1) is 5.20. The maximum atomic E-state index is 9.27. The highest BCUT2D eigenvalue weighted by molar-refractivity contribution is 4.86. The summed E-state index contributed by atoms with van der Waals surface area (Å²) in [6.07, 6.45) is 7.18. The van der Waals surface area contributed by atoms with Gasteiger partial charge in [-0.2, -0.15) is 0 Å². The van der Waals surface area contributed by atoms with Gasteiger partial charge in [0.2, 0.25) is 0 Å². The molecular weight excluding hydrogens is 136 g/mol. The maximum Gasteiger partial charge on any atom is 0.0721 e. The third-order valence-corrected chi connectivity index (χ3v) is 1.73. The average molecular weight is 154 g/mol. The van der Waals surface area contributed by atoms with E-state index in [4.69, 9.17) is 0 Å². The molecule has 0 rings (SSSR count). The molecule has 1 N–H and O–H groups in total.